The molecule has 2 aromatic rings. The normalized spacial score (nSPS) is 12.5. The molecule has 88 valence electrons. The quantitative estimate of drug-likeness (QED) is 0.866. The van der Waals surface area contributed by atoms with Crippen molar-refractivity contribution >= 4 is 27.5 Å². The van der Waals surface area contributed by atoms with Gasteiger partial charge < -0.3 is 5.11 Å². The van der Waals surface area contributed by atoms with Gasteiger partial charge in [0.2, 0.25) is 0 Å². The van der Waals surface area contributed by atoms with Gasteiger partial charge in [0, 0.05) is 9.50 Å². The number of rotatable bonds is 2. The first-order valence-corrected chi connectivity index (χ1v) is 6.44. The van der Waals surface area contributed by atoms with Crippen molar-refractivity contribution in [3.63, 3.8) is 0 Å². The van der Waals surface area contributed by atoms with E-state index in [0.29, 0.717) is 0 Å². The Kier molecular flexibility index (Phi) is 3.87. The molecule has 0 aliphatic heterocycles. The SMILES string of the molecule is Cc1cc([C@@H](O)c2cccc(Br)c2)ccc1Cl. The molecular weight excluding hydrogens is 300 g/mol. The molecular formula is C14H12BrClO. The predicted octanol–water partition coefficient (Wildman–Crippen LogP) is 4.49. The molecule has 0 fully saturated rings. The summed E-state index contributed by atoms with van der Waals surface area (Å²) in [5.74, 6) is 0. The van der Waals surface area contributed by atoms with Crippen LogP contribution in [0, 0.1) is 6.92 Å². The Bertz CT molecular complexity index is 539. The van der Waals surface area contributed by atoms with Gasteiger partial charge in [0.15, 0.2) is 0 Å². The van der Waals surface area contributed by atoms with Crippen LogP contribution in [0.2, 0.25) is 5.02 Å². The molecule has 3 heteroatoms. The molecule has 1 atom stereocenters. The maximum absolute atomic E-state index is 10.3. The topological polar surface area (TPSA) is 20.2 Å². The minimum Gasteiger partial charge on any atom is -0.384 e. The lowest BCUT2D eigenvalue weighted by Crippen LogP contribution is -1.99. The molecule has 0 spiro atoms. The van der Waals surface area contributed by atoms with E-state index in [0.717, 1.165) is 26.2 Å². The molecule has 0 radical (unpaired) electrons. The van der Waals surface area contributed by atoms with Gasteiger partial charge in [-0.3, -0.25) is 0 Å². The summed E-state index contributed by atoms with van der Waals surface area (Å²) in [6, 6.07) is 13.2. The van der Waals surface area contributed by atoms with Crippen LogP contribution in [0.3, 0.4) is 0 Å². The summed E-state index contributed by atoms with van der Waals surface area (Å²) in [4.78, 5) is 0. The fourth-order valence-electron chi connectivity index (χ4n) is 1.71. The zero-order valence-corrected chi connectivity index (χ0v) is 11.7. The van der Waals surface area contributed by atoms with Crippen LogP contribution in [0.25, 0.3) is 0 Å². The summed E-state index contributed by atoms with van der Waals surface area (Å²) < 4.78 is 0.958. The molecule has 1 N–H and O–H groups in total. The maximum atomic E-state index is 10.3. The molecule has 0 amide bonds. The lowest BCUT2D eigenvalue weighted by molar-refractivity contribution is 0.220. The van der Waals surface area contributed by atoms with Gasteiger partial charge in [0.25, 0.3) is 0 Å². The highest BCUT2D eigenvalue weighted by Gasteiger charge is 2.11. The van der Waals surface area contributed by atoms with Crippen LogP contribution in [-0.4, -0.2) is 5.11 Å². The highest BCUT2D eigenvalue weighted by Crippen LogP contribution is 2.27. The second-order valence-electron chi connectivity index (χ2n) is 3.97. The Morgan fingerprint density at radius 1 is 1.12 bits per heavy atom. The van der Waals surface area contributed by atoms with Crippen LogP contribution in [0.5, 0.6) is 0 Å². The van der Waals surface area contributed by atoms with Gasteiger partial charge in [-0.15, -0.1) is 0 Å². The fourth-order valence-corrected chi connectivity index (χ4v) is 2.24. The van der Waals surface area contributed by atoms with E-state index < -0.39 is 6.10 Å². The Morgan fingerprint density at radius 3 is 2.47 bits per heavy atom. The number of hydrogen-bond donors (Lipinski definition) is 1. The first-order chi connectivity index (χ1) is 8.08. The van der Waals surface area contributed by atoms with Gasteiger partial charge in [-0.2, -0.15) is 0 Å². The number of aliphatic hydroxyl groups excluding tert-OH is 1. The van der Waals surface area contributed by atoms with E-state index in [4.69, 9.17) is 11.6 Å². The molecule has 17 heavy (non-hydrogen) atoms. The number of hydrogen-bond acceptors (Lipinski definition) is 1. The summed E-state index contributed by atoms with van der Waals surface area (Å²) in [5.41, 5.74) is 2.68. The van der Waals surface area contributed by atoms with E-state index in [1.54, 1.807) is 0 Å². The third-order valence-corrected chi connectivity index (χ3v) is 3.58. The highest BCUT2D eigenvalue weighted by molar-refractivity contribution is 9.10. The zero-order valence-electron chi connectivity index (χ0n) is 9.32. The fraction of sp³-hybridized carbons (Fsp3) is 0.143. The maximum Gasteiger partial charge on any atom is 0.104 e. The van der Waals surface area contributed by atoms with Crippen LogP contribution in [0.1, 0.15) is 22.8 Å². The molecule has 0 saturated carbocycles. The molecule has 0 heterocycles. The van der Waals surface area contributed by atoms with Gasteiger partial charge in [-0.25, -0.2) is 0 Å². The second-order valence-corrected chi connectivity index (χ2v) is 5.29. The summed E-state index contributed by atoms with van der Waals surface area (Å²) in [7, 11) is 0. The van der Waals surface area contributed by atoms with Crippen LogP contribution in [0.4, 0.5) is 0 Å². The van der Waals surface area contributed by atoms with E-state index in [-0.39, 0.29) is 0 Å². The average Bonchev–Trinajstić information content (AvgIpc) is 2.32. The van der Waals surface area contributed by atoms with Crippen molar-refractivity contribution in [3.05, 3.63) is 68.7 Å². The number of benzene rings is 2. The highest BCUT2D eigenvalue weighted by atomic mass is 79.9. The smallest absolute Gasteiger partial charge is 0.104 e. The van der Waals surface area contributed by atoms with Crippen molar-refractivity contribution in [1.82, 2.24) is 0 Å². The molecule has 0 aromatic heterocycles. The molecule has 0 aliphatic rings. The van der Waals surface area contributed by atoms with E-state index in [1.165, 1.54) is 0 Å². The van der Waals surface area contributed by atoms with Gasteiger partial charge in [0.1, 0.15) is 6.10 Å². The van der Waals surface area contributed by atoms with Gasteiger partial charge in [-0.1, -0.05) is 51.8 Å². The third kappa shape index (κ3) is 2.89. The first kappa shape index (κ1) is 12.6. The van der Waals surface area contributed by atoms with Crippen LogP contribution in [-0.2, 0) is 0 Å². The van der Waals surface area contributed by atoms with Crippen molar-refractivity contribution < 1.29 is 5.11 Å². The van der Waals surface area contributed by atoms with Crippen LogP contribution in [0.15, 0.2) is 46.9 Å². The molecule has 2 aromatic carbocycles. The molecule has 0 bridgehead atoms. The zero-order chi connectivity index (χ0) is 12.4. The largest absolute Gasteiger partial charge is 0.384 e. The van der Waals surface area contributed by atoms with Crippen molar-refractivity contribution in [2.24, 2.45) is 0 Å². The monoisotopic (exact) mass is 310 g/mol. The van der Waals surface area contributed by atoms with Crippen molar-refractivity contribution in [3.8, 4) is 0 Å². The summed E-state index contributed by atoms with van der Waals surface area (Å²) in [6.07, 6.45) is -0.622. The molecule has 2 rings (SSSR count). The molecule has 0 unspecified atom stereocenters. The van der Waals surface area contributed by atoms with Gasteiger partial charge in [0.05, 0.1) is 0 Å². The minimum absolute atomic E-state index is 0.622. The second kappa shape index (κ2) is 5.21. The van der Waals surface area contributed by atoms with E-state index in [2.05, 4.69) is 15.9 Å². The van der Waals surface area contributed by atoms with Crippen molar-refractivity contribution in [2.45, 2.75) is 13.0 Å². The lowest BCUT2D eigenvalue weighted by atomic mass is 10.0. The summed E-state index contributed by atoms with van der Waals surface area (Å²) in [5, 5.41) is 11.0. The van der Waals surface area contributed by atoms with Gasteiger partial charge in [-0.05, 0) is 41.8 Å². The first-order valence-electron chi connectivity index (χ1n) is 5.27. The summed E-state index contributed by atoms with van der Waals surface area (Å²) >= 11 is 9.36. The van der Waals surface area contributed by atoms with E-state index in [9.17, 15) is 5.11 Å². The predicted molar refractivity (Wildman–Crippen MR) is 74.4 cm³/mol. The average molecular weight is 312 g/mol. The van der Waals surface area contributed by atoms with Crippen LogP contribution < -0.4 is 0 Å². The molecule has 0 saturated heterocycles. The molecule has 0 aliphatic carbocycles. The Morgan fingerprint density at radius 2 is 1.82 bits per heavy atom. The lowest BCUT2D eigenvalue weighted by Gasteiger charge is -2.13. The van der Waals surface area contributed by atoms with E-state index in [1.807, 2.05) is 49.4 Å². The van der Waals surface area contributed by atoms with Crippen molar-refractivity contribution in [1.29, 1.82) is 0 Å². The summed E-state index contributed by atoms with van der Waals surface area (Å²) in [6.45, 7) is 1.93. The number of aliphatic hydroxyl groups is 1. The van der Waals surface area contributed by atoms with Gasteiger partial charge >= 0.3 is 0 Å². The Hall–Kier alpha value is -0.830. The third-order valence-electron chi connectivity index (χ3n) is 2.66. The van der Waals surface area contributed by atoms with Crippen LogP contribution >= 0.6 is 27.5 Å². The minimum atomic E-state index is -0.622. The molecule has 1 nitrogen and oxygen atoms in total. The standard InChI is InChI=1S/C14H12BrClO/c1-9-7-11(5-6-13(9)16)14(17)10-3-2-4-12(15)8-10/h2-8,14,17H,1H3/t14-/m0/s1. The van der Waals surface area contributed by atoms with Crippen molar-refractivity contribution in [2.75, 3.05) is 0 Å². The van der Waals surface area contributed by atoms with E-state index >= 15 is 0 Å². The Balaban J connectivity index is 2.36. The Labute approximate surface area is 114 Å². The number of aryl methyl sites for hydroxylation is 1. The number of halogens is 2.